The standard InChI is InChI=1S/C40H48O6/c1-2-33-37(34(3-1)39-15-25-8-26(16-39)10-27(9-25)17-39)36(43-6-4-41-21-31-23-45-31)14-35(38(33)44-7-5-42-22-32-24-46-32)40-18-28-11-29(19-40)13-30(12-28)20-40/h1-3,14,23-30H,4-13,15-22H2. The van der Waals surface area contributed by atoms with Gasteiger partial charge in [-0.3, -0.25) is 0 Å². The van der Waals surface area contributed by atoms with Gasteiger partial charge in [0.1, 0.15) is 50.5 Å². The lowest BCUT2D eigenvalue weighted by molar-refractivity contribution is -0.00673. The van der Waals surface area contributed by atoms with Crippen LogP contribution in [0.15, 0.2) is 48.3 Å². The van der Waals surface area contributed by atoms with Crippen molar-refractivity contribution in [3.05, 3.63) is 59.4 Å². The van der Waals surface area contributed by atoms with Crippen LogP contribution >= 0.6 is 0 Å². The predicted octanol–water partition coefficient (Wildman–Crippen LogP) is 8.31. The maximum absolute atomic E-state index is 6.96. The summed E-state index contributed by atoms with van der Waals surface area (Å²) < 4.78 is 36.0. The Hall–Kier alpha value is -2.70. The molecule has 46 heavy (non-hydrogen) atoms. The molecule has 2 aromatic rings. The van der Waals surface area contributed by atoms with Crippen molar-refractivity contribution in [2.24, 2.45) is 35.5 Å². The predicted molar refractivity (Wildman–Crippen MR) is 175 cm³/mol. The Kier molecular flexibility index (Phi) is 6.72. The van der Waals surface area contributed by atoms with Crippen LogP contribution in [0.25, 0.3) is 10.8 Å². The highest BCUT2D eigenvalue weighted by Gasteiger charge is 2.54. The van der Waals surface area contributed by atoms with Crippen molar-refractivity contribution in [3.8, 4) is 11.5 Å². The van der Waals surface area contributed by atoms with Gasteiger partial charge in [0.2, 0.25) is 0 Å². The van der Waals surface area contributed by atoms with Gasteiger partial charge in [-0.25, -0.2) is 0 Å². The number of hydrogen-bond acceptors (Lipinski definition) is 6. The van der Waals surface area contributed by atoms with Gasteiger partial charge >= 0.3 is 0 Å². The van der Waals surface area contributed by atoms with Crippen molar-refractivity contribution >= 4 is 10.8 Å². The fourth-order valence-corrected chi connectivity index (χ4v) is 12.4. The summed E-state index contributed by atoms with van der Waals surface area (Å²) >= 11 is 0. The number of ether oxygens (including phenoxy) is 6. The first-order valence-electron chi connectivity index (χ1n) is 18.3. The van der Waals surface area contributed by atoms with Gasteiger partial charge < -0.3 is 28.4 Å². The Labute approximate surface area is 272 Å². The van der Waals surface area contributed by atoms with Crippen molar-refractivity contribution in [1.82, 2.24) is 0 Å². The molecule has 6 heteroatoms. The SMILES string of the molecule is C1=C(COCCOc2c(C34CC5CC(CC(C5)C3)C4)cc(OCCOCC3=CO3)c3c(C45CC6CC(CC(C6)C4)C5)cccc23)O1. The minimum atomic E-state index is 0.173. The molecule has 0 atom stereocenters. The number of fused-ring (bicyclic) bond motifs is 1. The van der Waals surface area contributed by atoms with E-state index < -0.39 is 0 Å². The molecule has 6 nitrogen and oxygen atoms in total. The lowest BCUT2D eigenvalue weighted by atomic mass is 9.47. The van der Waals surface area contributed by atoms with Gasteiger partial charge in [-0.1, -0.05) is 18.2 Å². The van der Waals surface area contributed by atoms with Gasteiger partial charge in [0, 0.05) is 16.3 Å². The first-order chi connectivity index (χ1) is 22.6. The molecule has 2 heterocycles. The van der Waals surface area contributed by atoms with E-state index in [4.69, 9.17) is 28.4 Å². The summed E-state index contributed by atoms with van der Waals surface area (Å²) in [7, 11) is 0. The Morgan fingerprint density at radius 3 is 1.57 bits per heavy atom. The van der Waals surface area contributed by atoms with Crippen molar-refractivity contribution < 1.29 is 28.4 Å². The van der Waals surface area contributed by atoms with Crippen LogP contribution in [0.3, 0.4) is 0 Å². The third-order valence-electron chi connectivity index (χ3n) is 13.3. The van der Waals surface area contributed by atoms with Crippen molar-refractivity contribution in [1.29, 1.82) is 0 Å². The van der Waals surface area contributed by atoms with Gasteiger partial charge in [-0.2, -0.15) is 0 Å². The van der Waals surface area contributed by atoms with E-state index in [1.165, 1.54) is 98.9 Å². The van der Waals surface area contributed by atoms with Crippen LogP contribution in [0.2, 0.25) is 0 Å². The molecule has 244 valence electrons. The van der Waals surface area contributed by atoms with E-state index >= 15 is 0 Å². The second kappa shape index (κ2) is 10.9. The van der Waals surface area contributed by atoms with E-state index in [1.54, 1.807) is 12.5 Å². The maximum Gasteiger partial charge on any atom is 0.164 e. The molecule has 8 aliphatic carbocycles. The smallest absolute Gasteiger partial charge is 0.164 e. The van der Waals surface area contributed by atoms with E-state index in [9.17, 15) is 0 Å². The fraction of sp³-hybridized carbons (Fsp3) is 0.650. The summed E-state index contributed by atoms with van der Waals surface area (Å²) in [5.74, 6) is 9.18. The lowest BCUT2D eigenvalue weighted by Gasteiger charge is -2.58. The highest BCUT2D eigenvalue weighted by atomic mass is 16.6. The molecule has 0 saturated heterocycles. The molecule has 0 spiro atoms. The third-order valence-corrected chi connectivity index (χ3v) is 13.3. The second-order valence-corrected chi connectivity index (χ2v) is 16.6. The van der Waals surface area contributed by atoms with E-state index in [1.807, 2.05) is 0 Å². The number of rotatable bonds is 14. The van der Waals surface area contributed by atoms with Gasteiger partial charge in [0.05, 0.1) is 13.2 Å². The second-order valence-electron chi connectivity index (χ2n) is 16.6. The largest absolute Gasteiger partial charge is 0.491 e. The topological polar surface area (TPSA) is 62.0 Å². The molecule has 8 bridgehead atoms. The van der Waals surface area contributed by atoms with E-state index in [0.717, 1.165) is 58.5 Å². The molecular formula is C40H48O6. The van der Waals surface area contributed by atoms with Gasteiger partial charge in [0.15, 0.2) is 11.5 Å². The molecule has 10 aliphatic rings. The summed E-state index contributed by atoms with van der Waals surface area (Å²) in [6.07, 6.45) is 19.9. The number of hydrogen-bond donors (Lipinski definition) is 0. The molecule has 0 aromatic heterocycles. The zero-order chi connectivity index (χ0) is 30.3. The molecule has 12 rings (SSSR count). The summed E-state index contributed by atoms with van der Waals surface area (Å²) in [6, 6.07) is 9.58. The molecule has 0 unspecified atom stereocenters. The summed E-state index contributed by atoms with van der Waals surface area (Å²) in [5.41, 5.74) is 3.35. The Morgan fingerprint density at radius 2 is 1.07 bits per heavy atom. The van der Waals surface area contributed by atoms with Crippen molar-refractivity contribution in [3.63, 3.8) is 0 Å². The molecule has 0 radical (unpaired) electrons. The van der Waals surface area contributed by atoms with Gasteiger partial charge in [0.25, 0.3) is 0 Å². The first-order valence-corrected chi connectivity index (χ1v) is 18.3. The van der Waals surface area contributed by atoms with Crippen molar-refractivity contribution in [2.75, 3.05) is 39.6 Å². The average molecular weight is 625 g/mol. The molecular weight excluding hydrogens is 576 g/mol. The van der Waals surface area contributed by atoms with Crippen molar-refractivity contribution in [2.45, 2.75) is 87.9 Å². The summed E-state index contributed by atoms with van der Waals surface area (Å²) in [4.78, 5) is 0. The van der Waals surface area contributed by atoms with E-state index in [2.05, 4.69) is 24.3 Å². The average Bonchev–Trinajstić information content (AvgIpc) is 3.96. The molecule has 0 amide bonds. The molecule has 2 aromatic carbocycles. The van der Waals surface area contributed by atoms with Crippen LogP contribution in [0, 0.1) is 35.5 Å². The zero-order valence-electron chi connectivity index (χ0n) is 27.1. The Balaban J connectivity index is 1.07. The molecule has 0 N–H and O–H groups in total. The zero-order valence-corrected chi connectivity index (χ0v) is 27.1. The van der Waals surface area contributed by atoms with Crippen LogP contribution < -0.4 is 9.47 Å². The molecule has 8 saturated carbocycles. The van der Waals surface area contributed by atoms with E-state index in [-0.39, 0.29) is 10.8 Å². The summed E-state index contributed by atoms with van der Waals surface area (Å²) in [6.45, 7) is 3.22. The van der Waals surface area contributed by atoms with Gasteiger partial charge in [-0.05, 0) is 135 Å². The third kappa shape index (κ3) is 5.05. The minimum Gasteiger partial charge on any atom is -0.491 e. The van der Waals surface area contributed by atoms with Crippen LogP contribution in [0.5, 0.6) is 11.5 Å². The first kappa shape index (κ1) is 28.3. The quantitative estimate of drug-likeness (QED) is 0.197. The van der Waals surface area contributed by atoms with Crippen LogP contribution in [-0.4, -0.2) is 39.6 Å². The van der Waals surface area contributed by atoms with E-state index in [0.29, 0.717) is 39.6 Å². The van der Waals surface area contributed by atoms with Gasteiger partial charge in [-0.15, -0.1) is 0 Å². The normalized spacial score (nSPS) is 37.1. The van der Waals surface area contributed by atoms with Crippen LogP contribution in [0.1, 0.15) is 88.2 Å². The highest BCUT2D eigenvalue weighted by molar-refractivity contribution is 5.98. The Morgan fingerprint density at radius 1 is 0.587 bits per heavy atom. The van der Waals surface area contributed by atoms with Crippen LogP contribution in [0.4, 0.5) is 0 Å². The molecule has 8 fully saturated rings. The number of benzene rings is 2. The monoisotopic (exact) mass is 624 g/mol. The molecule has 2 aliphatic heterocycles. The fourth-order valence-electron chi connectivity index (χ4n) is 12.4. The Bertz CT molecular complexity index is 1520. The maximum atomic E-state index is 6.96. The summed E-state index contributed by atoms with van der Waals surface area (Å²) in [5, 5.41) is 2.56. The highest BCUT2D eigenvalue weighted by Crippen LogP contribution is 2.65. The minimum absolute atomic E-state index is 0.173. The van der Waals surface area contributed by atoms with Crippen LogP contribution in [-0.2, 0) is 29.8 Å². The lowest BCUT2D eigenvalue weighted by Crippen LogP contribution is -2.49.